The summed E-state index contributed by atoms with van der Waals surface area (Å²) >= 11 is 0. The van der Waals surface area contributed by atoms with E-state index >= 15 is 0 Å². The van der Waals surface area contributed by atoms with Crippen LogP contribution >= 0.6 is 12.4 Å². The maximum Gasteiger partial charge on any atom is -0.00258 e. The Labute approximate surface area is 80.9 Å². The van der Waals surface area contributed by atoms with Crippen LogP contribution in [-0.4, -0.2) is 26.0 Å². The Balaban J connectivity index is 0.000000217. The van der Waals surface area contributed by atoms with E-state index in [0.717, 1.165) is 0 Å². The summed E-state index contributed by atoms with van der Waals surface area (Å²) in [6, 6.07) is 0. The van der Waals surface area contributed by atoms with Gasteiger partial charge in [0.1, 0.15) is 0 Å². The molecule has 1 nitrogen and oxygen atoms in total. The van der Waals surface area contributed by atoms with Crippen molar-refractivity contribution in [1.82, 2.24) is 4.90 Å². The summed E-state index contributed by atoms with van der Waals surface area (Å²) in [7, 11) is 6.00. The van der Waals surface area contributed by atoms with E-state index in [1.807, 2.05) is 26.0 Å². The summed E-state index contributed by atoms with van der Waals surface area (Å²) in [5.41, 5.74) is 2.94. The Morgan fingerprint density at radius 2 is 1.33 bits per heavy atom. The molecule has 0 aromatic heterocycles. The van der Waals surface area contributed by atoms with Gasteiger partial charge in [-0.2, -0.15) is 0 Å². The first-order chi connectivity index (χ1) is 5.18. The predicted octanol–water partition coefficient (Wildman–Crippen LogP) is 2.41. The van der Waals surface area contributed by atoms with Gasteiger partial charge in [0.05, 0.1) is 0 Å². The Kier molecular flexibility index (Phi) is 4.95. The van der Waals surface area contributed by atoms with Gasteiger partial charge in [0.2, 0.25) is 0 Å². The number of hydrogen-bond acceptors (Lipinski definition) is 1. The first-order valence-corrected chi connectivity index (χ1v) is 3.87. The molecule has 0 radical (unpaired) electrons. The second-order valence-corrected chi connectivity index (χ2v) is 3.33. The van der Waals surface area contributed by atoms with E-state index in [9.17, 15) is 0 Å². The van der Waals surface area contributed by atoms with Crippen molar-refractivity contribution in [1.29, 1.82) is 0 Å². The van der Waals surface area contributed by atoms with Crippen LogP contribution in [0.5, 0.6) is 0 Å². The van der Waals surface area contributed by atoms with Crippen molar-refractivity contribution in [2.75, 3.05) is 21.1 Å². The van der Waals surface area contributed by atoms with E-state index in [1.165, 1.54) is 17.6 Å². The van der Waals surface area contributed by atoms with Gasteiger partial charge in [-0.25, -0.2) is 0 Å². The zero-order chi connectivity index (χ0) is 8.27. The number of hydrogen-bond donors (Lipinski definition) is 0. The molecule has 0 spiro atoms. The molecule has 0 N–H and O–H groups in total. The van der Waals surface area contributed by atoms with Crippen LogP contribution in [0.4, 0.5) is 0 Å². The minimum absolute atomic E-state index is 0. The Bertz CT molecular complexity index is 201. The molecule has 0 heterocycles. The fraction of sp³-hybridized carbons (Fsp3) is 0.400. The Morgan fingerprint density at radius 1 is 1.00 bits per heavy atom. The van der Waals surface area contributed by atoms with Gasteiger partial charge < -0.3 is 4.90 Å². The van der Waals surface area contributed by atoms with Gasteiger partial charge in [-0.05, 0) is 38.7 Å². The maximum atomic E-state index is 2.18. The van der Waals surface area contributed by atoms with Gasteiger partial charge in [0.15, 0.2) is 0 Å². The van der Waals surface area contributed by atoms with Crippen LogP contribution in [0.2, 0.25) is 0 Å². The lowest BCUT2D eigenvalue weighted by Gasteiger charge is -1.90. The van der Waals surface area contributed by atoms with E-state index < -0.39 is 0 Å². The molecule has 12 heavy (non-hydrogen) atoms. The normalized spacial score (nSPS) is 16.3. The zero-order valence-electron chi connectivity index (χ0n) is 7.87. The average Bonchev–Trinajstić information content (AvgIpc) is 2.45. The summed E-state index contributed by atoms with van der Waals surface area (Å²) in [6.45, 7) is 0. The standard InChI is InChI=1S/C7H6.C3H9N.ClH/c1-2-7-4-3-6(1)5-7;1-4(2)3;/h1-4H,5H2;1-3H3;1H. The van der Waals surface area contributed by atoms with Crippen LogP contribution in [0, 0.1) is 0 Å². The molecule has 2 rings (SSSR count). The topological polar surface area (TPSA) is 3.24 Å². The summed E-state index contributed by atoms with van der Waals surface area (Å²) in [4.78, 5) is 2.00. The van der Waals surface area contributed by atoms with E-state index in [-0.39, 0.29) is 12.4 Å². The van der Waals surface area contributed by atoms with Gasteiger partial charge in [0, 0.05) is 0 Å². The summed E-state index contributed by atoms with van der Waals surface area (Å²) in [5, 5.41) is 0. The van der Waals surface area contributed by atoms with Gasteiger partial charge in [0.25, 0.3) is 0 Å². The van der Waals surface area contributed by atoms with Crippen molar-refractivity contribution in [3.05, 3.63) is 35.5 Å². The molecule has 0 fully saturated rings. The number of rotatable bonds is 0. The van der Waals surface area contributed by atoms with Crippen LogP contribution in [0.25, 0.3) is 0 Å². The van der Waals surface area contributed by atoms with Gasteiger partial charge in [-0.15, -0.1) is 12.4 Å². The number of nitrogens with zero attached hydrogens (tertiary/aromatic N) is 1. The molecule has 0 aliphatic heterocycles. The van der Waals surface area contributed by atoms with Crippen molar-refractivity contribution in [2.45, 2.75) is 6.42 Å². The molecule has 0 amide bonds. The highest BCUT2D eigenvalue weighted by atomic mass is 35.5. The second kappa shape index (κ2) is 5.18. The lowest BCUT2D eigenvalue weighted by molar-refractivity contribution is 0.505. The Morgan fingerprint density at radius 3 is 1.42 bits per heavy atom. The SMILES string of the molecule is C1=CC2=CC=C1C2.CN(C)C.Cl. The molecular formula is C10H16ClN. The third-order valence-electron chi connectivity index (χ3n) is 1.43. The zero-order valence-corrected chi connectivity index (χ0v) is 8.69. The lowest BCUT2D eigenvalue weighted by atomic mass is 10.3. The van der Waals surface area contributed by atoms with Crippen molar-refractivity contribution in [3.63, 3.8) is 0 Å². The van der Waals surface area contributed by atoms with E-state index in [4.69, 9.17) is 0 Å². The first kappa shape index (κ1) is 11.5. The van der Waals surface area contributed by atoms with Gasteiger partial charge in [-0.3, -0.25) is 0 Å². The van der Waals surface area contributed by atoms with Crippen molar-refractivity contribution < 1.29 is 0 Å². The lowest BCUT2D eigenvalue weighted by Crippen LogP contribution is -1.99. The highest BCUT2D eigenvalue weighted by Crippen LogP contribution is 2.27. The predicted molar refractivity (Wildman–Crippen MR) is 56.8 cm³/mol. The maximum absolute atomic E-state index is 2.18. The highest BCUT2D eigenvalue weighted by Gasteiger charge is 2.07. The average molecular weight is 186 g/mol. The number of halogens is 1. The van der Waals surface area contributed by atoms with Crippen LogP contribution in [0.3, 0.4) is 0 Å². The largest absolute Gasteiger partial charge is 0.312 e. The fourth-order valence-corrected chi connectivity index (χ4v) is 1.01. The van der Waals surface area contributed by atoms with Gasteiger partial charge in [-0.1, -0.05) is 24.3 Å². The van der Waals surface area contributed by atoms with Crippen molar-refractivity contribution in [2.24, 2.45) is 0 Å². The van der Waals surface area contributed by atoms with Crippen LogP contribution in [-0.2, 0) is 0 Å². The molecule has 0 saturated heterocycles. The minimum Gasteiger partial charge on any atom is -0.312 e. The molecule has 0 atom stereocenters. The third-order valence-corrected chi connectivity index (χ3v) is 1.43. The molecule has 0 aromatic rings. The molecule has 2 heteroatoms. The molecule has 0 saturated carbocycles. The summed E-state index contributed by atoms with van der Waals surface area (Å²) in [6.07, 6.45) is 9.90. The molecule has 68 valence electrons. The van der Waals surface area contributed by atoms with Crippen molar-refractivity contribution >= 4 is 12.4 Å². The molecule has 2 aliphatic rings. The first-order valence-electron chi connectivity index (χ1n) is 3.87. The second-order valence-electron chi connectivity index (χ2n) is 3.33. The van der Waals surface area contributed by atoms with Crippen LogP contribution in [0.15, 0.2) is 35.5 Å². The van der Waals surface area contributed by atoms with Crippen molar-refractivity contribution in [3.8, 4) is 0 Å². The smallest absolute Gasteiger partial charge is 0.00258 e. The van der Waals surface area contributed by atoms with E-state index in [0.29, 0.717) is 0 Å². The number of fused-ring (bicyclic) bond motifs is 2. The summed E-state index contributed by atoms with van der Waals surface area (Å²) in [5.74, 6) is 0. The van der Waals surface area contributed by atoms with Crippen LogP contribution in [0.1, 0.15) is 6.42 Å². The summed E-state index contributed by atoms with van der Waals surface area (Å²) < 4.78 is 0. The highest BCUT2D eigenvalue weighted by molar-refractivity contribution is 5.85. The minimum atomic E-state index is 0. The van der Waals surface area contributed by atoms with Gasteiger partial charge >= 0.3 is 0 Å². The molecular weight excluding hydrogens is 170 g/mol. The monoisotopic (exact) mass is 185 g/mol. The van der Waals surface area contributed by atoms with E-state index in [1.54, 1.807) is 0 Å². The quantitative estimate of drug-likeness (QED) is 0.561. The van der Waals surface area contributed by atoms with E-state index in [2.05, 4.69) is 24.3 Å². The molecule has 2 aliphatic carbocycles. The Hall–Kier alpha value is -0.530. The molecule has 0 aromatic carbocycles. The number of allylic oxidation sites excluding steroid dienone is 6. The molecule has 2 bridgehead atoms. The molecule has 0 unspecified atom stereocenters. The third kappa shape index (κ3) is 3.74. The fourth-order valence-electron chi connectivity index (χ4n) is 1.01. The van der Waals surface area contributed by atoms with Crippen LogP contribution < -0.4 is 0 Å².